The van der Waals surface area contributed by atoms with E-state index in [0.717, 1.165) is 0 Å². The van der Waals surface area contributed by atoms with Crippen molar-refractivity contribution in [3.63, 3.8) is 0 Å². The van der Waals surface area contributed by atoms with Crippen LogP contribution in [0.2, 0.25) is 0 Å². The molecule has 0 radical (unpaired) electrons. The van der Waals surface area contributed by atoms with Crippen molar-refractivity contribution in [3.05, 3.63) is 22.8 Å². The minimum absolute atomic E-state index is 0.0268. The third-order valence-corrected chi connectivity index (χ3v) is 5.28. The van der Waals surface area contributed by atoms with Gasteiger partial charge in [0.1, 0.15) is 0 Å². The van der Waals surface area contributed by atoms with Gasteiger partial charge in [-0.25, -0.2) is 18.1 Å². The molecule has 2 rings (SSSR count). The van der Waals surface area contributed by atoms with E-state index in [1.807, 2.05) is 0 Å². The quantitative estimate of drug-likeness (QED) is 0.850. The fourth-order valence-electron chi connectivity index (χ4n) is 2.26. The highest BCUT2D eigenvalue weighted by atomic mass is 79.9. The van der Waals surface area contributed by atoms with E-state index in [1.54, 1.807) is 6.07 Å². The molecule has 0 aromatic carbocycles. The van der Waals surface area contributed by atoms with E-state index >= 15 is 0 Å². The molecule has 1 heterocycles. The van der Waals surface area contributed by atoms with Crippen LogP contribution < -0.4 is 4.72 Å². The van der Waals surface area contributed by atoms with Crippen LogP contribution in [0.1, 0.15) is 25.7 Å². The molecule has 0 unspecified atom stereocenters. The van der Waals surface area contributed by atoms with Gasteiger partial charge in [-0.15, -0.1) is 0 Å². The number of carboxylic acid groups (broad SMARTS) is 1. The smallest absolute Gasteiger partial charge is 0.306 e. The van der Waals surface area contributed by atoms with E-state index in [1.165, 1.54) is 12.3 Å². The number of nitrogens with one attached hydrogen (secondary N) is 1. The number of aromatic nitrogens is 1. The zero-order valence-electron chi connectivity index (χ0n) is 10.6. The van der Waals surface area contributed by atoms with Gasteiger partial charge in [-0.05, 0) is 53.7 Å². The van der Waals surface area contributed by atoms with Crippen molar-refractivity contribution in [2.24, 2.45) is 5.92 Å². The number of pyridine rings is 1. The van der Waals surface area contributed by atoms with Crippen molar-refractivity contribution in [3.8, 4) is 0 Å². The van der Waals surface area contributed by atoms with E-state index in [0.29, 0.717) is 30.2 Å². The number of carboxylic acids is 1. The van der Waals surface area contributed by atoms with Crippen molar-refractivity contribution in [1.29, 1.82) is 0 Å². The Morgan fingerprint density at radius 3 is 2.45 bits per heavy atom. The molecular weight excluding hydrogens is 348 g/mol. The Bertz CT molecular complexity index is 580. The van der Waals surface area contributed by atoms with Gasteiger partial charge in [0, 0.05) is 16.7 Å². The van der Waals surface area contributed by atoms with Crippen molar-refractivity contribution in [1.82, 2.24) is 9.71 Å². The molecule has 2 N–H and O–H groups in total. The van der Waals surface area contributed by atoms with Crippen LogP contribution >= 0.6 is 15.9 Å². The number of halogens is 1. The minimum atomic E-state index is -3.64. The van der Waals surface area contributed by atoms with E-state index in [9.17, 15) is 13.2 Å². The summed E-state index contributed by atoms with van der Waals surface area (Å²) in [5.74, 6) is -1.16. The van der Waals surface area contributed by atoms with Crippen LogP contribution in [0.15, 0.2) is 27.8 Å². The van der Waals surface area contributed by atoms with E-state index in [-0.39, 0.29) is 17.0 Å². The number of hydrogen-bond donors (Lipinski definition) is 2. The second-order valence-corrected chi connectivity index (χ2v) is 7.40. The molecule has 1 saturated carbocycles. The topological polar surface area (TPSA) is 96.4 Å². The van der Waals surface area contributed by atoms with Crippen molar-refractivity contribution in [2.75, 3.05) is 0 Å². The maximum absolute atomic E-state index is 12.1. The van der Waals surface area contributed by atoms with Crippen LogP contribution in [-0.2, 0) is 14.8 Å². The highest BCUT2D eigenvalue weighted by Crippen LogP contribution is 2.25. The maximum Gasteiger partial charge on any atom is 0.306 e. The summed E-state index contributed by atoms with van der Waals surface area (Å²) in [6.45, 7) is 0. The van der Waals surface area contributed by atoms with Crippen molar-refractivity contribution in [2.45, 2.75) is 36.8 Å². The molecule has 20 heavy (non-hydrogen) atoms. The summed E-state index contributed by atoms with van der Waals surface area (Å²) in [7, 11) is -3.64. The average molecular weight is 363 g/mol. The standard InChI is InChI=1S/C12H15BrN2O4S/c13-9-3-6-11(14-7-9)20(18,19)15-10-4-1-8(2-5-10)12(16)17/h3,6-8,10,15H,1-2,4-5H2,(H,16,17). The average Bonchev–Trinajstić information content (AvgIpc) is 2.39. The first-order valence-corrected chi connectivity index (χ1v) is 8.53. The first-order valence-electron chi connectivity index (χ1n) is 6.25. The van der Waals surface area contributed by atoms with Gasteiger partial charge in [-0.2, -0.15) is 0 Å². The lowest BCUT2D eigenvalue weighted by Crippen LogP contribution is -2.38. The molecule has 0 amide bonds. The third kappa shape index (κ3) is 3.77. The Morgan fingerprint density at radius 1 is 1.30 bits per heavy atom. The molecule has 0 bridgehead atoms. The fraction of sp³-hybridized carbons (Fsp3) is 0.500. The number of rotatable bonds is 4. The first kappa shape index (κ1) is 15.4. The van der Waals surface area contributed by atoms with Gasteiger partial charge in [0.2, 0.25) is 0 Å². The Morgan fingerprint density at radius 2 is 1.95 bits per heavy atom. The van der Waals surface area contributed by atoms with E-state index in [4.69, 9.17) is 5.11 Å². The Labute approximate surface area is 125 Å². The van der Waals surface area contributed by atoms with Crippen LogP contribution in [0.4, 0.5) is 0 Å². The van der Waals surface area contributed by atoms with Crippen molar-refractivity contribution < 1.29 is 18.3 Å². The second-order valence-electron chi connectivity index (χ2n) is 4.82. The first-order chi connectivity index (χ1) is 9.38. The zero-order chi connectivity index (χ0) is 14.8. The molecule has 1 aromatic heterocycles. The number of sulfonamides is 1. The van der Waals surface area contributed by atoms with Gasteiger partial charge in [0.15, 0.2) is 5.03 Å². The molecule has 0 atom stereocenters. The van der Waals surface area contributed by atoms with Gasteiger partial charge < -0.3 is 5.11 Å². The summed E-state index contributed by atoms with van der Waals surface area (Å²) in [5.41, 5.74) is 0. The molecule has 110 valence electrons. The summed E-state index contributed by atoms with van der Waals surface area (Å²) in [5, 5.41) is 8.88. The lowest BCUT2D eigenvalue weighted by molar-refractivity contribution is -0.142. The molecule has 0 aliphatic heterocycles. The summed E-state index contributed by atoms with van der Waals surface area (Å²) in [6.07, 6.45) is 3.49. The second kappa shape index (κ2) is 6.19. The van der Waals surface area contributed by atoms with Crippen molar-refractivity contribution >= 4 is 31.9 Å². The monoisotopic (exact) mass is 362 g/mol. The largest absolute Gasteiger partial charge is 0.481 e. The molecule has 6 nitrogen and oxygen atoms in total. The minimum Gasteiger partial charge on any atom is -0.481 e. The third-order valence-electron chi connectivity index (χ3n) is 3.37. The molecule has 0 saturated heterocycles. The molecule has 1 fully saturated rings. The highest BCUT2D eigenvalue weighted by Gasteiger charge is 2.29. The van der Waals surface area contributed by atoms with Gasteiger partial charge >= 0.3 is 5.97 Å². The Balaban J connectivity index is 2.00. The van der Waals surface area contributed by atoms with Crippen LogP contribution in [0.5, 0.6) is 0 Å². The van der Waals surface area contributed by atoms with E-state index < -0.39 is 16.0 Å². The normalized spacial score (nSPS) is 23.4. The summed E-state index contributed by atoms with van der Waals surface area (Å²) >= 11 is 3.20. The van der Waals surface area contributed by atoms with Gasteiger partial charge in [-0.3, -0.25) is 4.79 Å². The van der Waals surface area contributed by atoms with Gasteiger partial charge in [-0.1, -0.05) is 0 Å². The Kier molecular flexibility index (Phi) is 4.77. The van der Waals surface area contributed by atoms with Crippen LogP contribution in [0.25, 0.3) is 0 Å². The summed E-state index contributed by atoms with van der Waals surface area (Å²) < 4.78 is 27.5. The number of aliphatic carboxylic acids is 1. The molecule has 1 aliphatic rings. The fourth-order valence-corrected chi connectivity index (χ4v) is 3.73. The van der Waals surface area contributed by atoms with Crippen LogP contribution in [0, 0.1) is 5.92 Å². The van der Waals surface area contributed by atoms with Crippen LogP contribution in [0.3, 0.4) is 0 Å². The number of nitrogens with zero attached hydrogens (tertiary/aromatic N) is 1. The molecule has 1 aliphatic carbocycles. The zero-order valence-corrected chi connectivity index (χ0v) is 13.0. The van der Waals surface area contributed by atoms with Crippen LogP contribution in [-0.4, -0.2) is 30.5 Å². The number of hydrogen-bond acceptors (Lipinski definition) is 4. The summed E-state index contributed by atoms with van der Waals surface area (Å²) in [4.78, 5) is 14.7. The maximum atomic E-state index is 12.1. The van der Waals surface area contributed by atoms with Gasteiger partial charge in [0.05, 0.1) is 5.92 Å². The SMILES string of the molecule is O=C(O)C1CCC(NS(=O)(=O)c2ccc(Br)cn2)CC1. The predicted octanol–water partition coefficient (Wildman–Crippen LogP) is 1.77. The molecule has 1 aromatic rings. The number of carbonyl (C=O) groups is 1. The van der Waals surface area contributed by atoms with E-state index in [2.05, 4.69) is 25.6 Å². The molecular formula is C12H15BrN2O4S. The Hall–Kier alpha value is -0.990. The highest BCUT2D eigenvalue weighted by molar-refractivity contribution is 9.10. The lowest BCUT2D eigenvalue weighted by atomic mass is 9.87. The summed E-state index contributed by atoms with van der Waals surface area (Å²) in [6, 6.07) is 2.82. The lowest BCUT2D eigenvalue weighted by Gasteiger charge is -2.26. The predicted molar refractivity (Wildman–Crippen MR) is 75.6 cm³/mol. The van der Waals surface area contributed by atoms with Gasteiger partial charge in [0.25, 0.3) is 10.0 Å². The molecule has 0 spiro atoms. The molecule has 8 heteroatoms.